The number of aliphatic imine (C=N–C) groups is 1. The largest absolute Gasteiger partial charge is 0.257 e. The second-order valence-corrected chi connectivity index (χ2v) is 5.08. The van der Waals surface area contributed by atoms with Gasteiger partial charge in [-0.3, -0.25) is 4.99 Å². The summed E-state index contributed by atoms with van der Waals surface area (Å²) in [5, 5.41) is 0. The van der Waals surface area contributed by atoms with Crippen molar-refractivity contribution in [2.45, 2.75) is 33.1 Å². The van der Waals surface area contributed by atoms with Crippen molar-refractivity contribution in [2.24, 2.45) is 4.99 Å². The van der Waals surface area contributed by atoms with Gasteiger partial charge in [0.1, 0.15) is 0 Å². The molecule has 0 aliphatic heterocycles. The van der Waals surface area contributed by atoms with Crippen molar-refractivity contribution in [1.82, 2.24) is 0 Å². The molecule has 0 spiro atoms. The van der Waals surface area contributed by atoms with Crippen LogP contribution in [0.5, 0.6) is 0 Å². The number of hydrogen-bond donors (Lipinski definition) is 0. The maximum Gasteiger partial charge on any atom is 0.0630 e. The van der Waals surface area contributed by atoms with Crippen LogP contribution in [0.4, 0.5) is 0 Å². The Kier molecular flexibility index (Phi) is 4.45. The summed E-state index contributed by atoms with van der Waals surface area (Å²) in [5.74, 6) is 0. The van der Waals surface area contributed by atoms with Crippen LogP contribution in [0.2, 0.25) is 0 Å². The number of nitrogens with zero attached hydrogens (tertiary/aromatic N) is 1. The fourth-order valence-electron chi connectivity index (χ4n) is 1.46. The van der Waals surface area contributed by atoms with Gasteiger partial charge < -0.3 is 0 Å². The molecule has 90 valence electrons. The van der Waals surface area contributed by atoms with E-state index >= 15 is 0 Å². The van der Waals surface area contributed by atoms with Gasteiger partial charge in [0.15, 0.2) is 0 Å². The van der Waals surface area contributed by atoms with Crippen LogP contribution in [0, 0.1) is 0 Å². The molecule has 0 atom stereocenters. The van der Waals surface area contributed by atoms with Crippen LogP contribution in [-0.2, 0) is 5.41 Å². The van der Waals surface area contributed by atoms with Crippen molar-refractivity contribution >= 4 is 11.9 Å². The van der Waals surface area contributed by atoms with Gasteiger partial charge in [0.25, 0.3) is 0 Å². The Balaban J connectivity index is 2.85. The molecule has 1 aromatic rings. The maximum atomic E-state index is 4.27. The van der Waals surface area contributed by atoms with Gasteiger partial charge in [-0.05, 0) is 29.5 Å². The Morgan fingerprint density at radius 1 is 1.18 bits per heavy atom. The molecule has 0 fully saturated rings. The first-order valence-corrected chi connectivity index (χ1v) is 5.90. The Morgan fingerprint density at radius 2 is 1.76 bits per heavy atom. The predicted molar refractivity (Wildman–Crippen MR) is 77.5 cm³/mol. The average molecular weight is 227 g/mol. The van der Waals surface area contributed by atoms with E-state index in [2.05, 4.69) is 56.6 Å². The molecule has 0 bridgehead atoms. The van der Waals surface area contributed by atoms with Gasteiger partial charge in [0.2, 0.25) is 0 Å². The molecule has 0 aromatic heterocycles. The zero-order valence-corrected chi connectivity index (χ0v) is 11.2. The SMILES string of the molecule is C=C(/N=C\C=C/C)c1ccc(C(C)(C)C)cc1. The lowest BCUT2D eigenvalue weighted by Crippen LogP contribution is -2.10. The number of hydrogen-bond acceptors (Lipinski definition) is 1. The summed E-state index contributed by atoms with van der Waals surface area (Å²) in [4.78, 5) is 4.27. The summed E-state index contributed by atoms with van der Waals surface area (Å²) < 4.78 is 0. The molecule has 0 amide bonds. The van der Waals surface area contributed by atoms with E-state index in [0.717, 1.165) is 11.3 Å². The van der Waals surface area contributed by atoms with Crippen LogP contribution in [-0.4, -0.2) is 6.21 Å². The predicted octanol–water partition coefficient (Wildman–Crippen LogP) is 4.60. The van der Waals surface area contributed by atoms with Crippen LogP contribution < -0.4 is 0 Å². The third-order valence-electron chi connectivity index (χ3n) is 2.59. The topological polar surface area (TPSA) is 12.4 Å². The standard InChI is InChI=1S/C16H21N/c1-6-7-12-17-13(2)14-8-10-15(11-9-14)16(3,4)5/h6-12H,2H2,1,3-5H3/b7-6-,17-12-. The molecular formula is C16H21N. The average Bonchev–Trinajstić information content (AvgIpc) is 2.28. The lowest BCUT2D eigenvalue weighted by atomic mass is 9.86. The van der Waals surface area contributed by atoms with Gasteiger partial charge in [0, 0.05) is 6.21 Å². The van der Waals surface area contributed by atoms with E-state index in [-0.39, 0.29) is 5.41 Å². The third-order valence-corrected chi connectivity index (χ3v) is 2.59. The zero-order chi connectivity index (χ0) is 12.9. The van der Waals surface area contributed by atoms with Gasteiger partial charge >= 0.3 is 0 Å². The van der Waals surface area contributed by atoms with Crippen LogP contribution in [0.3, 0.4) is 0 Å². The first-order chi connectivity index (χ1) is 7.95. The van der Waals surface area contributed by atoms with E-state index in [4.69, 9.17) is 0 Å². The Labute approximate surface area is 105 Å². The van der Waals surface area contributed by atoms with Gasteiger partial charge in [-0.2, -0.15) is 0 Å². The molecule has 1 nitrogen and oxygen atoms in total. The molecule has 0 saturated heterocycles. The zero-order valence-electron chi connectivity index (χ0n) is 11.2. The Morgan fingerprint density at radius 3 is 2.24 bits per heavy atom. The highest BCUT2D eigenvalue weighted by atomic mass is 14.7. The third kappa shape index (κ3) is 4.03. The first-order valence-electron chi connectivity index (χ1n) is 5.90. The Bertz CT molecular complexity index is 428. The molecule has 1 aromatic carbocycles. The van der Waals surface area contributed by atoms with Crippen molar-refractivity contribution in [2.75, 3.05) is 0 Å². The fourth-order valence-corrected chi connectivity index (χ4v) is 1.46. The van der Waals surface area contributed by atoms with Crippen molar-refractivity contribution < 1.29 is 0 Å². The molecule has 1 rings (SSSR count). The van der Waals surface area contributed by atoms with Gasteiger partial charge in [-0.15, -0.1) is 0 Å². The molecule has 17 heavy (non-hydrogen) atoms. The molecule has 0 N–H and O–H groups in total. The minimum atomic E-state index is 0.189. The van der Waals surface area contributed by atoms with Crippen molar-refractivity contribution in [1.29, 1.82) is 0 Å². The van der Waals surface area contributed by atoms with Gasteiger partial charge in [0.05, 0.1) is 5.70 Å². The van der Waals surface area contributed by atoms with Gasteiger partial charge in [-0.1, -0.05) is 57.7 Å². The lowest BCUT2D eigenvalue weighted by Gasteiger charge is -2.19. The molecule has 0 aliphatic carbocycles. The first kappa shape index (κ1) is 13.4. The van der Waals surface area contributed by atoms with Gasteiger partial charge in [-0.25, -0.2) is 0 Å². The maximum absolute atomic E-state index is 4.27. The quantitative estimate of drug-likeness (QED) is 0.669. The fraction of sp³-hybridized carbons (Fsp3) is 0.312. The van der Waals surface area contributed by atoms with Crippen molar-refractivity contribution in [3.63, 3.8) is 0 Å². The van der Waals surface area contributed by atoms with Crippen molar-refractivity contribution in [3.05, 3.63) is 54.1 Å². The van der Waals surface area contributed by atoms with Crippen LogP contribution in [0.15, 0.2) is 48.0 Å². The summed E-state index contributed by atoms with van der Waals surface area (Å²) in [6.07, 6.45) is 5.61. The number of rotatable bonds is 3. The van der Waals surface area contributed by atoms with E-state index in [1.807, 2.05) is 19.1 Å². The summed E-state index contributed by atoms with van der Waals surface area (Å²) in [5.41, 5.74) is 3.38. The molecule has 0 radical (unpaired) electrons. The lowest BCUT2D eigenvalue weighted by molar-refractivity contribution is 0.590. The smallest absolute Gasteiger partial charge is 0.0630 e. The summed E-state index contributed by atoms with van der Waals surface area (Å²) in [7, 11) is 0. The minimum absolute atomic E-state index is 0.189. The van der Waals surface area contributed by atoms with Crippen molar-refractivity contribution in [3.8, 4) is 0 Å². The number of allylic oxidation sites excluding steroid dienone is 2. The van der Waals surface area contributed by atoms with E-state index < -0.39 is 0 Å². The van der Waals surface area contributed by atoms with E-state index in [1.54, 1.807) is 6.21 Å². The normalized spacial score (nSPS) is 12.5. The van der Waals surface area contributed by atoms with E-state index in [9.17, 15) is 0 Å². The van der Waals surface area contributed by atoms with Crippen LogP contribution in [0.1, 0.15) is 38.8 Å². The summed E-state index contributed by atoms with van der Waals surface area (Å²) in [6, 6.07) is 8.45. The molecule has 0 saturated carbocycles. The monoisotopic (exact) mass is 227 g/mol. The highest BCUT2D eigenvalue weighted by Crippen LogP contribution is 2.24. The summed E-state index contributed by atoms with van der Waals surface area (Å²) >= 11 is 0. The second-order valence-electron chi connectivity index (χ2n) is 5.08. The minimum Gasteiger partial charge on any atom is -0.257 e. The van der Waals surface area contributed by atoms with Crippen LogP contribution >= 0.6 is 0 Å². The Hall–Kier alpha value is -1.63. The van der Waals surface area contributed by atoms with Crippen LogP contribution in [0.25, 0.3) is 5.70 Å². The second kappa shape index (κ2) is 5.62. The molecule has 0 heterocycles. The van der Waals surface area contributed by atoms with E-state index in [0.29, 0.717) is 0 Å². The number of benzene rings is 1. The van der Waals surface area contributed by atoms with E-state index in [1.165, 1.54) is 5.56 Å². The highest BCUT2D eigenvalue weighted by Gasteiger charge is 2.12. The molecule has 1 heteroatoms. The molecule has 0 unspecified atom stereocenters. The molecule has 0 aliphatic rings. The molecular weight excluding hydrogens is 206 g/mol. The summed E-state index contributed by atoms with van der Waals surface area (Å²) in [6.45, 7) is 12.6. The highest BCUT2D eigenvalue weighted by molar-refractivity contribution is 5.79.